The number of carbonyl (C=O) groups excluding carboxylic acids is 1. The Labute approximate surface area is 208 Å². The largest absolute Gasteiger partial charge is 0.454 e. The Bertz CT molecular complexity index is 975. The van der Waals surface area contributed by atoms with Gasteiger partial charge < -0.3 is 30.2 Å². The highest BCUT2D eigenvalue weighted by molar-refractivity contribution is 14.0. The molecular weight excluding hydrogens is 549 g/mol. The molecule has 8 nitrogen and oxygen atoms in total. The smallest absolute Gasteiger partial charge is 0.387 e. The van der Waals surface area contributed by atoms with Gasteiger partial charge in [0.15, 0.2) is 17.5 Å². The van der Waals surface area contributed by atoms with Gasteiger partial charge in [0.05, 0.1) is 6.54 Å². The molecule has 0 fully saturated rings. The van der Waals surface area contributed by atoms with Crippen molar-refractivity contribution in [3.63, 3.8) is 0 Å². The Hall–Kier alpha value is -2.83. The lowest BCUT2D eigenvalue weighted by molar-refractivity contribution is -0.0505. The third kappa shape index (κ3) is 7.62. The van der Waals surface area contributed by atoms with Crippen molar-refractivity contribution >= 4 is 35.8 Å². The number of nitrogens with one attached hydrogen (secondary N) is 3. The van der Waals surface area contributed by atoms with Gasteiger partial charge in [-0.2, -0.15) is 8.78 Å². The van der Waals surface area contributed by atoms with Crippen molar-refractivity contribution in [3.8, 4) is 17.2 Å². The highest BCUT2D eigenvalue weighted by Crippen LogP contribution is 2.38. The van der Waals surface area contributed by atoms with Crippen LogP contribution in [0.1, 0.15) is 35.3 Å². The predicted molar refractivity (Wildman–Crippen MR) is 131 cm³/mol. The molecule has 0 atom stereocenters. The molecule has 0 aromatic heterocycles. The molecule has 2 aromatic rings. The van der Waals surface area contributed by atoms with Gasteiger partial charge in [-0.25, -0.2) is 4.99 Å². The molecule has 0 saturated carbocycles. The highest BCUT2D eigenvalue weighted by atomic mass is 127. The summed E-state index contributed by atoms with van der Waals surface area (Å²) >= 11 is 0. The number of guanidine groups is 1. The van der Waals surface area contributed by atoms with Gasteiger partial charge in [0, 0.05) is 36.8 Å². The molecule has 3 rings (SSSR count). The second-order valence-corrected chi connectivity index (χ2v) is 6.80. The number of rotatable bonds is 9. The predicted octanol–water partition coefficient (Wildman–Crippen LogP) is 3.64. The van der Waals surface area contributed by atoms with Crippen LogP contribution >= 0.6 is 24.0 Å². The maximum absolute atomic E-state index is 12.8. The van der Waals surface area contributed by atoms with Gasteiger partial charge >= 0.3 is 6.61 Å². The molecule has 0 bridgehead atoms. The molecule has 2 aromatic carbocycles. The van der Waals surface area contributed by atoms with Crippen LogP contribution in [0.3, 0.4) is 0 Å². The van der Waals surface area contributed by atoms with E-state index in [9.17, 15) is 13.6 Å². The molecule has 33 heavy (non-hydrogen) atoms. The van der Waals surface area contributed by atoms with E-state index in [-0.39, 0.29) is 49.0 Å². The van der Waals surface area contributed by atoms with Crippen LogP contribution in [0.5, 0.6) is 17.2 Å². The van der Waals surface area contributed by atoms with Crippen LogP contribution in [0.25, 0.3) is 0 Å². The van der Waals surface area contributed by atoms with Gasteiger partial charge in [-0.15, -0.1) is 24.0 Å². The van der Waals surface area contributed by atoms with Crippen molar-refractivity contribution in [1.82, 2.24) is 16.0 Å². The zero-order valence-electron chi connectivity index (χ0n) is 18.3. The Morgan fingerprint density at radius 2 is 1.82 bits per heavy atom. The minimum absolute atomic E-state index is 0. The van der Waals surface area contributed by atoms with E-state index >= 15 is 0 Å². The van der Waals surface area contributed by atoms with Crippen LogP contribution in [-0.2, 0) is 13.1 Å². The second-order valence-electron chi connectivity index (χ2n) is 6.80. The van der Waals surface area contributed by atoms with E-state index in [1.807, 2.05) is 19.9 Å². The van der Waals surface area contributed by atoms with Crippen LogP contribution < -0.4 is 30.2 Å². The lowest BCUT2D eigenvalue weighted by atomic mass is 10.1. The fraction of sp³-hybridized carbons (Fsp3) is 0.364. The average Bonchev–Trinajstić information content (AvgIpc) is 3.22. The summed E-state index contributed by atoms with van der Waals surface area (Å²) in [5.74, 6) is 1.17. The van der Waals surface area contributed by atoms with Crippen LogP contribution in [0, 0.1) is 0 Å². The third-order valence-electron chi connectivity index (χ3n) is 4.51. The number of hydrogen-bond donors (Lipinski definition) is 3. The first-order valence-electron chi connectivity index (χ1n) is 10.3. The van der Waals surface area contributed by atoms with Crippen molar-refractivity contribution in [3.05, 3.63) is 53.1 Å². The van der Waals surface area contributed by atoms with Crippen molar-refractivity contribution in [1.29, 1.82) is 0 Å². The van der Waals surface area contributed by atoms with Gasteiger partial charge in [0.1, 0.15) is 5.75 Å². The standard InChI is InChI=1S/C22H26F2N4O4.HI/c1-3-25-20(29)15-7-5-6-14(8-15)11-27-22(26-4-2)28-12-16-9-18-19(31-13-30-18)10-17(16)32-21(23)24;/h5-10,21H,3-4,11-13H2,1-2H3,(H,25,29)(H2,26,27,28);1H. The number of hydrogen-bond acceptors (Lipinski definition) is 5. The van der Waals surface area contributed by atoms with E-state index < -0.39 is 6.61 Å². The lowest BCUT2D eigenvalue weighted by Crippen LogP contribution is -2.36. The fourth-order valence-corrected chi connectivity index (χ4v) is 3.07. The zero-order valence-corrected chi connectivity index (χ0v) is 20.7. The molecule has 11 heteroatoms. The summed E-state index contributed by atoms with van der Waals surface area (Å²) in [5.41, 5.74) is 1.89. The molecule has 0 spiro atoms. The number of fused-ring (bicyclic) bond motifs is 1. The van der Waals surface area contributed by atoms with Crippen LogP contribution in [0.4, 0.5) is 8.78 Å². The summed E-state index contributed by atoms with van der Waals surface area (Å²) in [7, 11) is 0. The number of carbonyl (C=O) groups is 1. The van der Waals surface area contributed by atoms with Crippen molar-refractivity contribution in [2.45, 2.75) is 33.5 Å². The lowest BCUT2D eigenvalue weighted by Gasteiger charge is -2.15. The summed E-state index contributed by atoms with van der Waals surface area (Å²) in [5, 5.41) is 8.98. The van der Waals surface area contributed by atoms with E-state index in [1.165, 1.54) is 6.07 Å². The SMILES string of the molecule is CCNC(=O)c1cccc(CN=C(NCC)NCc2cc3c(cc2OC(F)F)OCO3)c1.I. The Morgan fingerprint density at radius 3 is 2.52 bits per heavy atom. The van der Waals surface area contributed by atoms with E-state index in [0.29, 0.717) is 48.2 Å². The first-order valence-corrected chi connectivity index (χ1v) is 10.3. The van der Waals surface area contributed by atoms with Crippen LogP contribution in [-0.4, -0.2) is 38.4 Å². The molecule has 1 amide bonds. The summed E-state index contributed by atoms with van der Waals surface area (Å²) in [4.78, 5) is 16.6. The first-order chi connectivity index (χ1) is 15.5. The monoisotopic (exact) mass is 576 g/mol. The average molecular weight is 576 g/mol. The van der Waals surface area contributed by atoms with Gasteiger partial charge in [0.25, 0.3) is 5.91 Å². The number of nitrogens with zero attached hydrogens (tertiary/aromatic N) is 1. The molecular formula is C22H27F2IN4O4. The van der Waals surface area contributed by atoms with Gasteiger partial charge in [-0.1, -0.05) is 12.1 Å². The normalized spacial score (nSPS) is 12.2. The molecule has 180 valence electrons. The van der Waals surface area contributed by atoms with E-state index in [0.717, 1.165) is 5.56 Å². The summed E-state index contributed by atoms with van der Waals surface area (Å²) in [6.07, 6.45) is 0. The van der Waals surface area contributed by atoms with Gasteiger partial charge in [-0.3, -0.25) is 4.79 Å². The fourth-order valence-electron chi connectivity index (χ4n) is 3.07. The number of benzene rings is 2. The van der Waals surface area contributed by atoms with Gasteiger partial charge in [0.2, 0.25) is 6.79 Å². The first kappa shape index (κ1) is 26.4. The molecule has 0 saturated heterocycles. The molecule has 0 unspecified atom stereocenters. The Balaban J connectivity index is 0.00000385. The molecule has 0 aliphatic carbocycles. The molecule has 1 aliphatic heterocycles. The number of halogens is 3. The maximum atomic E-state index is 12.8. The number of ether oxygens (including phenoxy) is 3. The quantitative estimate of drug-likeness (QED) is 0.240. The molecule has 1 heterocycles. The van der Waals surface area contributed by atoms with E-state index in [4.69, 9.17) is 9.47 Å². The van der Waals surface area contributed by atoms with Crippen molar-refractivity contribution in [2.75, 3.05) is 19.9 Å². The summed E-state index contributed by atoms with van der Waals surface area (Å²) < 4.78 is 40.9. The number of amides is 1. The minimum Gasteiger partial charge on any atom is -0.454 e. The molecule has 1 aliphatic rings. The number of aliphatic imine (C=N–C) groups is 1. The zero-order chi connectivity index (χ0) is 22.9. The maximum Gasteiger partial charge on any atom is 0.387 e. The van der Waals surface area contributed by atoms with Crippen LogP contribution in [0.15, 0.2) is 41.4 Å². The molecule has 3 N–H and O–H groups in total. The second kappa shape index (κ2) is 13.0. The minimum atomic E-state index is -2.96. The summed E-state index contributed by atoms with van der Waals surface area (Å²) in [6.45, 7) is 2.48. The Morgan fingerprint density at radius 1 is 1.09 bits per heavy atom. The van der Waals surface area contributed by atoms with E-state index in [1.54, 1.807) is 24.3 Å². The van der Waals surface area contributed by atoms with Crippen molar-refractivity contribution in [2.24, 2.45) is 4.99 Å². The van der Waals surface area contributed by atoms with E-state index in [2.05, 4.69) is 25.7 Å². The van der Waals surface area contributed by atoms with Crippen molar-refractivity contribution < 1.29 is 27.8 Å². The van der Waals surface area contributed by atoms with Gasteiger partial charge in [-0.05, 0) is 37.6 Å². The van der Waals surface area contributed by atoms with Crippen LogP contribution in [0.2, 0.25) is 0 Å². The molecule has 0 radical (unpaired) electrons. The topological polar surface area (TPSA) is 93.2 Å². The highest BCUT2D eigenvalue weighted by Gasteiger charge is 2.20. The summed E-state index contributed by atoms with van der Waals surface area (Å²) in [6, 6.07) is 10.2. The third-order valence-corrected chi connectivity index (χ3v) is 4.51. The number of alkyl halides is 2. The Kier molecular flexibility index (Phi) is 10.4.